The van der Waals surface area contributed by atoms with Crippen LogP contribution < -0.4 is 0 Å². The molecular weight excluding hydrogens is 352 g/mol. The van der Waals surface area contributed by atoms with Crippen LogP contribution in [-0.2, 0) is 19.1 Å². The van der Waals surface area contributed by atoms with E-state index in [0.29, 0.717) is 48.0 Å². The van der Waals surface area contributed by atoms with Crippen LogP contribution in [-0.4, -0.2) is 24.6 Å². The van der Waals surface area contributed by atoms with Crippen LogP contribution in [0.2, 0.25) is 0 Å². The van der Waals surface area contributed by atoms with Crippen LogP contribution in [0.25, 0.3) is 0 Å². The topological polar surface area (TPSA) is 52.6 Å². The summed E-state index contributed by atoms with van der Waals surface area (Å²) < 4.78 is 11.7. The number of ether oxygens (including phenoxy) is 2. The van der Waals surface area contributed by atoms with Crippen molar-refractivity contribution in [2.24, 2.45) is 52.3 Å². The molecule has 4 saturated carbocycles. The number of hydrogen-bond donors (Lipinski definition) is 0. The Bertz CT molecular complexity index is 686. The second-order valence-electron chi connectivity index (χ2n) is 11.2. The van der Waals surface area contributed by atoms with Gasteiger partial charge in [0.2, 0.25) is 0 Å². The van der Waals surface area contributed by atoms with Gasteiger partial charge in [0.1, 0.15) is 6.10 Å². The van der Waals surface area contributed by atoms with E-state index in [1.807, 2.05) is 0 Å². The Balaban J connectivity index is 1.31. The first kappa shape index (κ1) is 18.9. The van der Waals surface area contributed by atoms with E-state index in [1.54, 1.807) is 0 Å². The molecule has 28 heavy (non-hydrogen) atoms. The van der Waals surface area contributed by atoms with Crippen LogP contribution in [0.3, 0.4) is 0 Å². The van der Waals surface area contributed by atoms with Gasteiger partial charge in [-0.1, -0.05) is 27.2 Å². The molecule has 9 unspecified atom stereocenters. The van der Waals surface area contributed by atoms with Gasteiger partial charge in [0, 0.05) is 0 Å². The lowest BCUT2D eigenvalue weighted by atomic mass is 9.60. The van der Waals surface area contributed by atoms with Gasteiger partial charge in [-0.15, -0.1) is 0 Å². The van der Waals surface area contributed by atoms with E-state index in [1.165, 1.54) is 12.8 Å². The first-order valence-corrected chi connectivity index (χ1v) is 11.7. The Labute approximate surface area is 169 Å². The normalized spacial score (nSPS) is 47.6. The summed E-state index contributed by atoms with van der Waals surface area (Å²) in [4.78, 5) is 25.7. The minimum Gasteiger partial charge on any atom is -0.465 e. The van der Waals surface area contributed by atoms with Gasteiger partial charge >= 0.3 is 11.9 Å². The van der Waals surface area contributed by atoms with Crippen molar-refractivity contribution in [2.45, 2.75) is 78.7 Å². The minimum atomic E-state index is -0.373. The quantitative estimate of drug-likeness (QED) is 0.510. The number of rotatable bonds is 5. The third kappa shape index (κ3) is 2.29. The van der Waals surface area contributed by atoms with Crippen LogP contribution in [0, 0.1) is 52.3 Å². The highest BCUT2D eigenvalue weighted by atomic mass is 16.5. The Hall–Kier alpha value is -1.06. The van der Waals surface area contributed by atoms with Crippen molar-refractivity contribution in [3.63, 3.8) is 0 Å². The molecule has 4 bridgehead atoms. The zero-order chi connectivity index (χ0) is 19.8. The molecule has 0 radical (unpaired) electrons. The van der Waals surface area contributed by atoms with E-state index in [2.05, 4.69) is 27.7 Å². The van der Waals surface area contributed by atoms with Gasteiger partial charge in [-0.25, -0.2) is 0 Å². The Morgan fingerprint density at radius 2 is 2.04 bits per heavy atom. The Kier molecular flexibility index (Phi) is 4.21. The summed E-state index contributed by atoms with van der Waals surface area (Å²) in [6, 6.07) is 0. The van der Waals surface area contributed by atoms with Crippen LogP contribution in [0.1, 0.15) is 72.6 Å². The standard InChI is InChI=1S/C24H36O4/c1-5-6-23(4,13(2)3)21(25)28-18-11-14-9-16(18)19-15-10-17(20(14)19)24(12-15)7-8-27-22(24)26/h13-20H,5-12H2,1-4H3. The average Bonchev–Trinajstić information content (AvgIpc) is 3.42. The van der Waals surface area contributed by atoms with Gasteiger partial charge < -0.3 is 9.47 Å². The molecule has 1 spiro atoms. The van der Waals surface area contributed by atoms with Crippen molar-refractivity contribution in [3.05, 3.63) is 0 Å². The highest BCUT2D eigenvalue weighted by Crippen LogP contribution is 2.73. The van der Waals surface area contributed by atoms with Gasteiger partial charge in [0.25, 0.3) is 0 Å². The lowest BCUT2D eigenvalue weighted by Gasteiger charge is -2.44. The molecule has 156 valence electrons. The average molecular weight is 389 g/mol. The SMILES string of the molecule is CCCC(C)(C(=O)OC1CC2CC1C1C3CC(C21)C1(CCOC1=O)C3)C(C)C. The molecule has 9 atom stereocenters. The van der Waals surface area contributed by atoms with E-state index >= 15 is 0 Å². The maximum absolute atomic E-state index is 13.1. The summed E-state index contributed by atoms with van der Waals surface area (Å²) in [5, 5.41) is 0. The smallest absolute Gasteiger partial charge is 0.312 e. The van der Waals surface area contributed by atoms with E-state index in [9.17, 15) is 9.59 Å². The number of cyclic esters (lactones) is 1. The first-order valence-electron chi connectivity index (χ1n) is 11.7. The summed E-state index contributed by atoms with van der Waals surface area (Å²) in [7, 11) is 0. The van der Waals surface area contributed by atoms with Crippen molar-refractivity contribution in [3.8, 4) is 0 Å². The third-order valence-corrected chi connectivity index (χ3v) is 9.93. The maximum atomic E-state index is 13.1. The Morgan fingerprint density at radius 3 is 2.68 bits per heavy atom. The molecule has 0 amide bonds. The largest absolute Gasteiger partial charge is 0.465 e. The van der Waals surface area contributed by atoms with Crippen LogP contribution in [0.15, 0.2) is 0 Å². The van der Waals surface area contributed by atoms with Gasteiger partial charge in [0.15, 0.2) is 0 Å². The first-order chi connectivity index (χ1) is 13.3. The lowest BCUT2D eigenvalue weighted by Crippen LogP contribution is -2.46. The van der Waals surface area contributed by atoms with E-state index in [0.717, 1.165) is 32.1 Å². The van der Waals surface area contributed by atoms with Crippen molar-refractivity contribution in [1.82, 2.24) is 0 Å². The summed E-state index contributed by atoms with van der Waals surface area (Å²) in [5.74, 6) is 4.12. The van der Waals surface area contributed by atoms with E-state index in [-0.39, 0.29) is 28.9 Å². The molecule has 5 rings (SSSR count). The van der Waals surface area contributed by atoms with Crippen molar-refractivity contribution in [2.75, 3.05) is 6.61 Å². The molecule has 4 nitrogen and oxygen atoms in total. The monoisotopic (exact) mass is 388 g/mol. The second-order valence-corrected chi connectivity index (χ2v) is 11.2. The van der Waals surface area contributed by atoms with Gasteiger partial charge in [-0.05, 0) is 86.9 Å². The zero-order valence-corrected chi connectivity index (χ0v) is 17.9. The lowest BCUT2D eigenvalue weighted by molar-refractivity contribution is -0.170. The van der Waals surface area contributed by atoms with Crippen molar-refractivity contribution >= 4 is 11.9 Å². The molecule has 0 aromatic heterocycles. The maximum Gasteiger partial charge on any atom is 0.312 e. The summed E-state index contributed by atoms with van der Waals surface area (Å²) >= 11 is 0. The molecule has 0 aromatic rings. The summed E-state index contributed by atoms with van der Waals surface area (Å²) in [6.45, 7) is 9.15. The molecule has 1 aliphatic heterocycles. The van der Waals surface area contributed by atoms with E-state index < -0.39 is 0 Å². The highest BCUT2D eigenvalue weighted by molar-refractivity contribution is 5.80. The summed E-state index contributed by atoms with van der Waals surface area (Å²) in [5.41, 5.74) is -0.526. The van der Waals surface area contributed by atoms with E-state index in [4.69, 9.17) is 9.47 Å². The molecule has 1 heterocycles. The number of fused-ring (bicyclic) bond motifs is 10. The zero-order valence-electron chi connectivity index (χ0n) is 17.9. The molecular formula is C24H36O4. The molecule has 4 aliphatic carbocycles. The van der Waals surface area contributed by atoms with Crippen molar-refractivity contribution in [1.29, 1.82) is 0 Å². The molecule has 5 aliphatic rings. The summed E-state index contributed by atoms with van der Waals surface area (Å²) in [6.07, 6.45) is 7.41. The van der Waals surface area contributed by atoms with Crippen LogP contribution in [0.4, 0.5) is 0 Å². The van der Waals surface area contributed by atoms with Crippen LogP contribution >= 0.6 is 0 Å². The number of carbonyl (C=O) groups is 2. The molecule has 1 saturated heterocycles. The third-order valence-electron chi connectivity index (χ3n) is 9.93. The fraction of sp³-hybridized carbons (Fsp3) is 0.917. The predicted octanol–water partition coefficient (Wildman–Crippen LogP) is 4.61. The fourth-order valence-electron chi connectivity index (χ4n) is 8.37. The highest BCUT2D eigenvalue weighted by Gasteiger charge is 2.72. The fourth-order valence-corrected chi connectivity index (χ4v) is 8.37. The minimum absolute atomic E-state index is 0.0254. The number of hydrogen-bond acceptors (Lipinski definition) is 4. The molecule has 5 fully saturated rings. The Morgan fingerprint density at radius 1 is 1.25 bits per heavy atom. The van der Waals surface area contributed by atoms with Gasteiger partial charge in [-0.3, -0.25) is 9.59 Å². The van der Waals surface area contributed by atoms with Crippen molar-refractivity contribution < 1.29 is 19.1 Å². The van der Waals surface area contributed by atoms with Gasteiger partial charge in [-0.2, -0.15) is 0 Å². The predicted molar refractivity (Wildman–Crippen MR) is 105 cm³/mol. The van der Waals surface area contributed by atoms with Crippen LogP contribution in [0.5, 0.6) is 0 Å². The number of carbonyl (C=O) groups excluding carboxylic acids is 2. The number of esters is 2. The molecule has 0 aromatic carbocycles. The molecule has 4 heteroatoms. The molecule has 0 N–H and O–H groups in total. The van der Waals surface area contributed by atoms with Gasteiger partial charge in [0.05, 0.1) is 17.4 Å². The second kappa shape index (κ2) is 6.22.